The van der Waals surface area contributed by atoms with Crippen molar-refractivity contribution >= 4 is 11.6 Å². The molecule has 0 bridgehead atoms. The molecule has 3 heteroatoms. The van der Waals surface area contributed by atoms with Crippen molar-refractivity contribution in [3.8, 4) is 0 Å². The Hall–Kier alpha value is -1.35. The fraction of sp³-hybridized carbons (Fsp3) is 0.588. The Kier molecular flexibility index (Phi) is 4.06. The summed E-state index contributed by atoms with van der Waals surface area (Å²) in [4.78, 5) is 13.8. The summed E-state index contributed by atoms with van der Waals surface area (Å²) in [6.45, 7) is 4.33. The van der Waals surface area contributed by atoms with Crippen molar-refractivity contribution in [1.82, 2.24) is 0 Å². The predicted octanol–water partition coefficient (Wildman–Crippen LogP) is 1.57. The van der Waals surface area contributed by atoms with E-state index in [0.717, 1.165) is 25.2 Å². The van der Waals surface area contributed by atoms with Gasteiger partial charge in [-0.15, -0.1) is 0 Å². The Morgan fingerprint density at radius 3 is 2.65 bits per heavy atom. The molecule has 0 radical (unpaired) electrons. The zero-order valence-electron chi connectivity index (χ0n) is 12.4. The fourth-order valence-electron chi connectivity index (χ4n) is 3.52. The summed E-state index contributed by atoms with van der Waals surface area (Å²) < 4.78 is 0. The zero-order chi connectivity index (χ0) is 13.9. The number of amides is 1. The van der Waals surface area contributed by atoms with Gasteiger partial charge >= 0.3 is 0 Å². The van der Waals surface area contributed by atoms with Crippen molar-refractivity contribution in [1.29, 1.82) is 0 Å². The number of hydrogen-bond acceptors (Lipinski definition) is 1. The molecule has 1 aliphatic carbocycles. The van der Waals surface area contributed by atoms with Gasteiger partial charge in [0.15, 0.2) is 6.04 Å². The quantitative estimate of drug-likeness (QED) is 0.861. The van der Waals surface area contributed by atoms with Gasteiger partial charge in [0.25, 0.3) is 5.91 Å². The number of fused-ring (bicyclic) bond motifs is 1. The van der Waals surface area contributed by atoms with Crippen LogP contribution < -0.4 is 10.2 Å². The molecule has 1 heterocycles. The number of nitrogens with one attached hydrogen (secondary N) is 2. The SMILES string of the molecule is C[C@@H](C(=O)Nc1ccc2c(c1)CCC2)[NH+]1CCCCC1. The van der Waals surface area contributed by atoms with Gasteiger partial charge in [0, 0.05) is 5.69 Å². The number of benzene rings is 1. The molecule has 2 aliphatic rings. The highest BCUT2D eigenvalue weighted by Gasteiger charge is 2.26. The number of carbonyl (C=O) groups excluding carboxylic acids is 1. The van der Waals surface area contributed by atoms with Gasteiger partial charge in [-0.2, -0.15) is 0 Å². The van der Waals surface area contributed by atoms with E-state index >= 15 is 0 Å². The van der Waals surface area contributed by atoms with Crippen molar-refractivity contribution in [3.63, 3.8) is 0 Å². The maximum absolute atomic E-state index is 12.4. The number of hydrogen-bond donors (Lipinski definition) is 2. The molecule has 1 aliphatic heterocycles. The molecule has 3 rings (SSSR count). The normalized spacial score (nSPS) is 20.4. The average molecular weight is 273 g/mol. The van der Waals surface area contributed by atoms with E-state index in [2.05, 4.69) is 30.4 Å². The summed E-state index contributed by atoms with van der Waals surface area (Å²) in [5.74, 6) is 0.167. The average Bonchev–Trinajstić information content (AvgIpc) is 2.95. The third kappa shape index (κ3) is 2.88. The molecule has 1 atom stereocenters. The standard InChI is InChI=1S/C17H24N2O/c1-13(19-10-3-2-4-11-19)17(20)18-16-9-8-14-6-5-7-15(14)12-16/h8-9,12-13H,2-7,10-11H2,1H3,(H,18,20)/p+1/t13-/m0/s1. The number of quaternary nitrogens is 1. The minimum absolute atomic E-state index is 0.0588. The van der Waals surface area contributed by atoms with Crippen LogP contribution in [0.25, 0.3) is 0 Å². The summed E-state index contributed by atoms with van der Waals surface area (Å²) in [7, 11) is 0. The minimum Gasteiger partial charge on any atom is -0.325 e. The van der Waals surface area contributed by atoms with E-state index in [4.69, 9.17) is 0 Å². The van der Waals surface area contributed by atoms with Crippen LogP contribution in [0.5, 0.6) is 0 Å². The maximum atomic E-state index is 12.4. The Morgan fingerprint density at radius 1 is 1.10 bits per heavy atom. The van der Waals surface area contributed by atoms with Crippen LogP contribution >= 0.6 is 0 Å². The lowest BCUT2D eigenvalue weighted by Gasteiger charge is -2.28. The van der Waals surface area contributed by atoms with Crippen molar-refractivity contribution in [3.05, 3.63) is 29.3 Å². The fourth-order valence-corrected chi connectivity index (χ4v) is 3.52. The first-order valence-corrected chi connectivity index (χ1v) is 8.01. The van der Waals surface area contributed by atoms with Crippen LogP contribution in [-0.2, 0) is 17.6 Å². The van der Waals surface area contributed by atoms with Gasteiger partial charge in [-0.3, -0.25) is 4.79 Å². The van der Waals surface area contributed by atoms with Gasteiger partial charge in [-0.1, -0.05) is 6.07 Å². The number of carbonyl (C=O) groups is 1. The molecule has 2 N–H and O–H groups in total. The molecule has 1 saturated heterocycles. The highest BCUT2D eigenvalue weighted by Crippen LogP contribution is 2.24. The van der Waals surface area contributed by atoms with E-state index in [1.165, 1.54) is 48.1 Å². The van der Waals surface area contributed by atoms with Crippen LogP contribution in [-0.4, -0.2) is 25.0 Å². The van der Waals surface area contributed by atoms with Crippen molar-refractivity contribution < 1.29 is 9.69 Å². The highest BCUT2D eigenvalue weighted by molar-refractivity contribution is 5.93. The van der Waals surface area contributed by atoms with Crippen LogP contribution in [0.3, 0.4) is 0 Å². The van der Waals surface area contributed by atoms with Crippen molar-refractivity contribution in [2.24, 2.45) is 0 Å². The molecule has 1 amide bonds. The molecule has 108 valence electrons. The Morgan fingerprint density at radius 2 is 1.85 bits per heavy atom. The molecule has 0 unspecified atom stereocenters. The van der Waals surface area contributed by atoms with E-state index in [9.17, 15) is 4.79 Å². The lowest BCUT2D eigenvalue weighted by atomic mass is 10.1. The predicted molar refractivity (Wildman–Crippen MR) is 81.1 cm³/mol. The first-order chi connectivity index (χ1) is 9.74. The minimum atomic E-state index is 0.0588. The highest BCUT2D eigenvalue weighted by atomic mass is 16.2. The molecule has 20 heavy (non-hydrogen) atoms. The van der Waals surface area contributed by atoms with Gasteiger partial charge < -0.3 is 10.2 Å². The Labute approximate surface area is 121 Å². The second-order valence-corrected chi connectivity index (χ2v) is 6.27. The first-order valence-electron chi connectivity index (χ1n) is 8.01. The summed E-state index contributed by atoms with van der Waals surface area (Å²) in [6, 6.07) is 6.46. The lowest BCUT2D eigenvalue weighted by molar-refractivity contribution is -0.918. The molecule has 3 nitrogen and oxygen atoms in total. The van der Waals surface area contributed by atoms with E-state index in [0.29, 0.717) is 0 Å². The topological polar surface area (TPSA) is 33.5 Å². The molecule has 1 aromatic rings. The molecule has 0 aromatic heterocycles. The molecule has 1 aromatic carbocycles. The monoisotopic (exact) mass is 273 g/mol. The molecule has 0 saturated carbocycles. The first kappa shape index (κ1) is 13.6. The van der Waals surface area contributed by atoms with E-state index in [1.807, 2.05) is 0 Å². The molecular weight excluding hydrogens is 248 g/mol. The Balaban J connectivity index is 1.63. The van der Waals surface area contributed by atoms with E-state index < -0.39 is 0 Å². The van der Waals surface area contributed by atoms with Crippen LogP contribution in [0.1, 0.15) is 43.7 Å². The van der Waals surface area contributed by atoms with Crippen LogP contribution in [0.15, 0.2) is 18.2 Å². The van der Waals surface area contributed by atoms with Crippen LogP contribution in [0, 0.1) is 0 Å². The number of aryl methyl sites for hydroxylation is 2. The number of rotatable bonds is 3. The number of likely N-dealkylation sites (tertiary alicyclic amines) is 1. The number of anilines is 1. The van der Waals surface area contributed by atoms with E-state index in [-0.39, 0.29) is 11.9 Å². The van der Waals surface area contributed by atoms with Crippen LogP contribution in [0.2, 0.25) is 0 Å². The number of piperidine rings is 1. The smallest absolute Gasteiger partial charge is 0.282 e. The third-order valence-corrected chi connectivity index (χ3v) is 4.87. The molecular formula is C17H25N2O+. The second-order valence-electron chi connectivity index (χ2n) is 6.27. The second kappa shape index (κ2) is 5.96. The zero-order valence-corrected chi connectivity index (χ0v) is 12.4. The van der Waals surface area contributed by atoms with Crippen LogP contribution in [0.4, 0.5) is 5.69 Å². The summed E-state index contributed by atoms with van der Waals surface area (Å²) in [5.41, 5.74) is 3.84. The van der Waals surface area contributed by atoms with Gasteiger partial charge in [0.1, 0.15) is 0 Å². The third-order valence-electron chi connectivity index (χ3n) is 4.87. The summed E-state index contributed by atoms with van der Waals surface area (Å²) in [6.07, 6.45) is 7.44. The maximum Gasteiger partial charge on any atom is 0.282 e. The van der Waals surface area contributed by atoms with Gasteiger partial charge in [-0.25, -0.2) is 0 Å². The lowest BCUT2D eigenvalue weighted by Crippen LogP contribution is -3.17. The summed E-state index contributed by atoms with van der Waals surface area (Å²) >= 11 is 0. The largest absolute Gasteiger partial charge is 0.325 e. The van der Waals surface area contributed by atoms with Crippen molar-refractivity contribution in [2.45, 2.75) is 51.5 Å². The van der Waals surface area contributed by atoms with Gasteiger partial charge in [0.05, 0.1) is 13.1 Å². The van der Waals surface area contributed by atoms with Gasteiger partial charge in [0.2, 0.25) is 0 Å². The van der Waals surface area contributed by atoms with Crippen molar-refractivity contribution in [2.75, 3.05) is 18.4 Å². The van der Waals surface area contributed by atoms with Gasteiger partial charge in [-0.05, 0) is 68.7 Å². The summed E-state index contributed by atoms with van der Waals surface area (Å²) in [5, 5.41) is 3.11. The molecule has 1 fully saturated rings. The van der Waals surface area contributed by atoms with E-state index in [1.54, 1.807) is 0 Å². The molecule has 0 spiro atoms. The Bertz CT molecular complexity index is 492.